The number of hydrogen-bond acceptors (Lipinski definition) is 7. The van der Waals surface area contributed by atoms with Gasteiger partial charge in [0.25, 0.3) is 0 Å². The molecule has 0 aliphatic carbocycles. The van der Waals surface area contributed by atoms with E-state index in [1.54, 1.807) is 0 Å². The van der Waals surface area contributed by atoms with Gasteiger partial charge in [-0.2, -0.15) is 9.36 Å². The number of nitrogen functional groups attached to an aromatic ring is 1. The number of amides is 1. The molecule has 0 saturated carbocycles. The molecule has 0 aliphatic rings. The molecule has 1 heterocycles. The van der Waals surface area contributed by atoms with Crippen LogP contribution in [0.15, 0.2) is 0 Å². The Hall–Kier alpha value is -1.41. The Morgan fingerprint density at radius 2 is 2.43 bits per heavy atom. The van der Waals surface area contributed by atoms with Crippen LogP contribution in [0.4, 0.5) is 11.1 Å². The number of nitrogens with zero attached hydrogens (tertiary/aromatic N) is 2. The van der Waals surface area contributed by atoms with Gasteiger partial charge in [0.05, 0.1) is 6.61 Å². The zero-order valence-corrected chi connectivity index (χ0v) is 8.21. The summed E-state index contributed by atoms with van der Waals surface area (Å²) in [5, 5.41) is 3.56. The zero-order chi connectivity index (χ0) is 10.4. The number of hydrogen-bond donors (Lipinski definition) is 3. The largest absolute Gasteiger partial charge is 0.370 e. The summed E-state index contributed by atoms with van der Waals surface area (Å²) in [5.41, 5.74) is 10.2. The summed E-state index contributed by atoms with van der Waals surface area (Å²) in [6, 6.07) is 0. The Kier molecular flexibility index (Phi) is 4.08. The van der Waals surface area contributed by atoms with E-state index in [2.05, 4.69) is 14.7 Å². The van der Waals surface area contributed by atoms with Crippen molar-refractivity contribution in [2.24, 2.45) is 5.73 Å². The van der Waals surface area contributed by atoms with E-state index in [-0.39, 0.29) is 12.6 Å². The lowest BCUT2D eigenvalue weighted by Gasteiger charge is -2.01. The topological polar surface area (TPSA) is 116 Å². The minimum Gasteiger partial charge on any atom is -0.370 e. The number of primary amides is 1. The van der Waals surface area contributed by atoms with Crippen molar-refractivity contribution in [2.45, 2.75) is 0 Å². The molecule has 0 saturated heterocycles. The molecular formula is C6H11N5O2S. The molecule has 1 amide bonds. The number of nitrogens with two attached hydrogens (primary N) is 2. The molecule has 5 N–H and O–H groups in total. The van der Waals surface area contributed by atoms with E-state index in [1.807, 2.05) is 0 Å². The molecule has 0 radical (unpaired) electrons. The molecule has 78 valence electrons. The molecule has 0 fully saturated rings. The molecule has 1 rings (SSSR count). The number of aromatic nitrogens is 2. The lowest BCUT2D eigenvalue weighted by atomic mass is 10.6. The average Bonchev–Trinajstić information content (AvgIpc) is 2.50. The van der Waals surface area contributed by atoms with Gasteiger partial charge in [0.1, 0.15) is 6.61 Å². The Balaban J connectivity index is 2.07. The number of nitrogens with one attached hydrogen (secondary N) is 1. The van der Waals surface area contributed by atoms with Crippen LogP contribution < -0.4 is 16.8 Å². The van der Waals surface area contributed by atoms with Gasteiger partial charge in [0.2, 0.25) is 17.0 Å². The fraction of sp³-hybridized carbons (Fsp3) is 0.500. The van der Waals surface area contributed by atoms with Crippen molar-refractivity contribution in [3.05, 3.63) is 0 Å². The lowest BCUT2D eigenvalue weighted by Crippen LogP contribution is -2.20. The van der Waals surface area contributed by atoms with Crippen LogP contribution in [0.25, 0.3) is 0 Å². The predicted octanol–water partition coefficient (Wildman–Crippen LogP) is -0.966. The maximum atomic E-state index is 10.3. The first-order valence-electron chi connectivity index (χ1n) is 3.87. The van der Waals surface area contributed by atoms with Crippen molar-refractivity contribution >= 4 is 28.5 Å². The van der Waals surface area contributed by atoms with E-state index < -0.39 is 5.91 Å². The van der Waals surface area contributed by atoms with Crippen LogP contribution in [0.1, 0.15) is 0 Å². The SMILES string of the molecule is NC(=O)COCCNc1nc(N)ns1. The highest BCUT2D eigenvalue weighted by Gasteiger charge is 1.99. The average molecular weight is 217 g/mol. The molecule has 7 nitrogen and oxygen atoms in total. The van der Waals surface area contributed by atoms with Crippen molar-refractivity contribution in [3.63, 3.8) is 0 Å². The summed E-state index contributed by atoms with van der Waals surface area (Å²) >= 11 is 1.17. The third-order valence-corrected chi connectivity index (χ3v) is 1.90. The molecule has 0 bridgehead atoms. The summed E-state index contributed by atoms with van der Waals surface area (Å²) < 4.78 is 8.69. The molecule has 0 spiro atoms. The van der Waals surface area contributed by atoms with Crippen molar-refractivity contribution in [1.29, 1.82) is 0 Å². The predicted molar refractivity (Wildman–Crippen MR) is 52.8 cm³/mol. The molecule has 0 atom stereocenters. The molecule has 0 aliphatic heterocycles. The first-order chi connectivity index (χ1) is 6.68. The van der Waals surface area contributed by atoms with Gasteiger partial charge in [-0.05, 0) is 0 Å². The summed E-state index contributed by atoms with van der Waals surface area (Å²) in [5.74, 6) is -0.235. The van der Waals surface area contributed by atoms with Crippen LogP contribution in [-0.4, -0.2) is 35.0 Å². The first kappa shape index (κ1) is 10.7. The molecule has 0 aromatic carbocycles. The molecule has 14 heavy (non-hydrogen) atoms. The van der Waals surface area contributed by atoms with Crippen LogP contribution in [-0.2, 0) is 9.53 Å². The number of carbonyl (C=O) groups is 1. The fourth-order valence-electron chi connectivity index (χ4n) is 0.710. The Bertz CT molecular complexity index is 302. The van der Waals surface area contributed by atoms with E-state index >= 15 is 0 Å². The highest BCUT2D eigenvalue weighted by molar-refractivity contribution is 7.09. The van der Waals surface area contributed by atoms with Gasteiger partial charge in [-0.3, -0.25) is 4.79 Å². The number of carbonyl (C=O) groups excluding carboxylic acids is 1. The molecule has 1 aromatic rings. The third-order valence-electron chi connectivity index (χ3n) is 1.21. The van der Waals surface area contributed by atoms with Crippen molar-refractivity contribution < 1.29 is 9.53 Å². The fourth-order valence-corrected chi connectivity index (χ4v) is 1.23. The molecule has 0 unspecified atom stereocenters. The van der Waals surface area contributed by atoms with Crippen LogP contribution in [0.3, 0.4) is 0 Å². The number of ether oxygens (including phenoxy) is 1. The third kappa shape index (κ3) is 4.01. The second-order valence-corrected chi connectivity index (χ2v) is 3.16. The second kappa shape index (κ2) is 5.35. The smallest absolute Gasteiger partial charge is 0.243 e. The van der Waals surface area contributed by atoms with Crippen molar-refractivity contribution in [1.82, 2.24) is 9.36 Å². The number of anilines is 2. The highest BCUT2D eigenvalue weighted by Crippen LogP contribution is 2.10. The quantitative estimate of drug-likeness (QED) is 0.528. The molecular weight excluding hydrogens is 206 g/mol. The summed E-state index contributed by atoms with van der Waals surface area (Å²) in [6.45, 7) is 0.838. The normalized spacial score (nSPS) is 10.0. The Morgan fingerprint density at radius 3 is 3.00 bits per heavy atom. The van der Waals surface area contributed by atoms with E-state index in [4.69, 9.17) is 16.2 Å². The molecule has 1 aromatic heterocycles. The van der Waals surface area contributed by atoms with Gasteiger partial charge < -0.3 is 21.5 Å². The van der Waals surface area contributed by atoms with E-state index in [0.717, 1.165) is 0 Å². The number of rotatable bonds is 6. The van der Waals surface area contributed by atoms with Gasteiger partial charge in [-0.15, -0.1) is 0 Å². The lowest BCUT2D eigenvalue weighted by molar-refractivity contribution is -0.122. The summed E-state index contributed by atoms with van der Waals surface area (Å²) in [6.07, 6.45) is 0. The van der Waals surface area contributed by atoms with Gasteiger partial charge in [-0.25, -0.2) is 0 Å². The van der Waals surface area contributed by atoms with Crippen LogP contribution >= 0.6 is 11.5 Å². The Morgan fingerprint density at radius 1 is 1.64 bits per heavy atom. The highest BCUT2D eigenvalue weighted by atomic mass is 32.1. The minimum absolute atomic E-state index is 0.0695. The van der Waals surface area contributed by atoms with E-state index in [1.165, 1.54) is 11.5 Å². The van der Waals surface area contributed by atoms with Gasteiger partial charge in [-0.1, -0.05) is 0 Å². The first-order valence-corrected chi connectivity index (χ1v) is 4.65. The maximum absolute atomic E-state index is 10.3. The van der Waals surface area contributed by atoms with Gasteiger partial charge in [0, 0.05) is 18.1 Å². The summed E-state index contributed by atoms with van der Waals surface area (Å²) in [4.78, 5) is 14.1. The minimum atomic E-state index is -0.481. The van der Waals surface area contributed by atoms with Crippen molar-refractivity contribution in [2.75, 3.05) is 30.8 Å². The van der Waals surface area contributed by atoms with E-state index in [9.17, 15) is 4.79 Å². The zero-order valence-electron chi connectivity index (χ0n) is 7.40. The van der Waals surface area contributed by atoms with Crippen molar-refractivity contribution in [3.8, 4) is 0 Å². The molecule has 8 heteroatoms. The van der Waals surface area contributed by atoms with Crippen LogP contribution in [0.5, 0.6) is 0 Å². The monoisotopic (exact) mass is 217 g/mol. The van der Waals surface area contributed by atoms with Crippen LogP contribution in [0, 0.1) is 0 Å². The van der Waals surface area contributed by atoms with E-state index in [0.29, 0.717) is 18.3 Å². The summed E-state index contributed by atoms with van der Waals surface area (Å²) in [7, 11) is 0. The van der Waals surface area contributed by atoms with Gasteiger partial charge >= 0.3 is 0 Å². The maximum Gasteiger partial charge on any atom is 0.243 e. The second-order valence-electron chi connectivity index (χ2n) is 2.40. The Labute approximate surface area is 84.6 Å². The van der Waals surface area contributed by atoms with Gasteiger partial charge in [0.15, 0.2) is 0 Å². The standard InChI is InChI=1S/C6H11N5O2S/c7-4(12)3-13-2-1-9-6-10-5(8)11-14-6/h1-3H2,(H2,7,12)(H3,8,9,10,11). The van der Waals surface area contributed by atoms with Crippen LogP contribution in [0.2, 0.25) is 0 Å².